The van der Waals surface area contributed by atoms with Gasteiger partial charge in [-0.25, -0.2) is 0 Å². The van der Waals surface area contributed by atoms with E-state index < -0.39 is 11.5 Å². The van der Waals surface area contributed by atoms with E-state index in [0.29, 0.717) is 23.1 Å². The van der Waals surface area contributed by atoms with E-state index in [1.165, 1.54) is 19.2 Å². The minimum atomic E-state index is -0.636. The Balaban J connectivity index is 2.10. The maximum Gasteiger partial charge on any atom is 0.265 e. The number of amides is 1. The third-order valence-electron chi connectivity index (χ3n) is 4.32. The van der Waals surface area contributed by atoms with Gasteiger partial charge in [0.1, 0.15) is 5.56 Å². The van der Waals surface area contributed by atoms with E-state index in [1.807, 2.05) is 32.0 Å². The van der Waals surface area contributed by atoms with Crippen LogP contribution in [0.5, 0.6) is 11.5 Å². The Morgan fingerprint density at radius 2 is 1.96 bits per heavy atom. The van der Waals surface area contributed by atoms with Crippen molar-refractivity contribution in [2.24, 2.45) is 5.92 Å². The quantitative estimate of drug-likeness (QED) is 0.669. The summed E-state index contributed by atoms with van der Waals surface area (Å²) in [7, 11) is 1.43. The molecule has 1 amide bonds. The number of methoxy groups -OCH3 is 1. The molecule has 0 radical (unpaired) electrons. The fraction of sp³-hybridized carbons (Fsp3) is 0.238. The lowest BCUT2D eigenvalue weighted by molar-refractivity contribution is 0.102. The molecule has 6 nitrogen and oxygen atoms in total. The van der Waals surface area contributed by atoms with Crippen molar-refractivity contribution in [2.45, 2.75) is 20.4 Å². The second-order valence-electron chi connectivity index (χ2n) is 6.86. The van der Waals surface area contributed by atoms with Crippen LogP contribution >= 0.6 is 11.6 Å². The van der Waals surface area contributed by atoms with Crippen LogP contribution in [0.2, 0.25) is 5.02 Å². The number of phenols is 1. The number of nitrogens with zero attached hydrogens (tertiary/aromatic N) is 1. The zero-order valence-electron chi connectivity index (χ0n) is 15.8. The second-order valence-corrected chi connectivity index (χ2v) is 7.23. The number of ether oxygens (including phenoxy) is 1. The lowest BCUT2D eigenvalue weighted by Crippen LogP contribution is -2.31. The van der Waals surface area contributed by atoms with Crippen molar-refractivity contribution in [3.63, 3.8) is 0 Å². The molecule has 0 atom stereocenters. The number of aromatic nitrogens is 1. The standard InChI is InChI=1S/C21H21ClN2O4/c1-12(2)11-24-15-7-5-4-6-14(15)19(22)18(21(24)27)20(26)23-13-8-9-17(28-3)16(25)10-13/h4-10,12,25H,11H2,1-3H3,(H,23,26). The maximum absolute atomic E-state index is 13.1. The predicted octanol–water partition coefficient (Wildman–Crippen LogP) is 4.28. The van der Waals surface area contributed by atoms with Crippen LogP contribution in [0.4, 0.5) is 5.69 Å². The van der Waals surface area contributed by atoms with Crippen LogP contribution in [-0.2, 0) is 6.54 Å². The molecule has 0 spiro atoms. The highest BCUT2D eigenvalue weighted by Crippen LogP contribution is 2.30. The van der Waals surface area contributed by atoms with Crippen LogP contribution < -0.4 is 15.6 Å². The second kappa shape index (κ2) is 7.94. The Bertz CT molecular complexity index is 1110. The lowest BCUT2D eigenvalue weighted by atomic mass is 10.1. The van der Waals surface area contributed by atoms with Crippen molar-refractivity contribution in [1.29, 1.82) is 0 Å². The monoisotopic (exact) mass is 400 g/mol. The average molecular weight is 401 g/mol. The van der Waals surface area contributed by atoms with Gasteiger partial charge in [-0.15, -0.1) is 0 Å². The van der Waals surface area contributed by atoms with Crippen LogP contribution in [0.1, 0.15) is 24.2 Å². The van der Waals surface area contributed by atoms with Gasteiger partial charge < -0.3 is 19.7 Å². The maximum atomic E-state index is 13.1. The van der Waals surface area contributed by atoms with Gasteiger partial charge in [-0.1, -0.05) is 43.6 Å². The summed E-state index contributed by atoms with van der Waals surface area (Å²) < 4.78 is 6.57. The predicted molar refractivity (Wildman–Crippen MR) is 111 cm³/mol. The number of para-hydroxylation sites is 1. The molecular formula is C21H21ClN2O4. The molecule has 28 heavy (non-hydrogen) atoms. The topological polar surface area (TPSA) is 80.6 Å². The fourth-order valence-electron chi connectivity index (χ4n) is 3.07. The summed E-state index contributed by atoms with van der Waals surface area (Å²) >= 11 is 6.45. The van der Waals surface area contributed by atoms with Crippen molar-refractivity contribution in [3.8, 4) is 11.5 Å². The fourth-order valence-corrected chi connectivity index (χ4v) is 3.40. The number of carbonyl (C=O) groups is 1. The number of phenolic OH excluding ortho intramolecular Hbond substituents is 1. The number of halogens is 1. The molecule has 0 fully saturated rings. The number of aromatic hydroxyl groups is 1. The molecule has 3 aromatic rings. The van der Waals surface area contributed by atoms with Crippen molar-refractivity contribution in [1.82, 2.24) is 4.57 Å². The zero-order valence-corrected chi connectivity index (χ0v) is 16.6. The summed E-state index contributed by atoms with van der Waals surface area (Å²) in [6.07, 6.45) is 0. The highest BCUT2D eigenvalue weighted by Gasteiger charge is 2.22. The Kier molecular flexibility index (Phi) is 5.61. The molecule has 0 aliphatic carbocycles. The van der Waals surface area contributed by atoms with Gasteiger partial charge in [-0.2, -0.15) is 0 Å². The number of rotatable bonds is 5. The van der Waals surface area contributed by atoms with Gasteiger partial charge in [0, 0.05) is 23.7 Å². The molecule has 0 saturated carbocycles. The van der Waals surface area contributed by atoms with Gasteiger partial charge in [0.2, 0.25) is 0 Å². The van der Waals surface area contributed by atoms with E-state index in [4.69, 9.17) is 16.3 Å². The Morgan fingerprint density at radius 1 is 1.25 bits per heavy atom. The molecule has 0 bridgehead atoms. The molecule has 1 aromatic heterocycles. The Hall–Kier alpha value is -2.99. The molecule has 146 valence electrons. The summed E-state index contributed by atoms with van der Waals surface area (Å²) in [6, 6.07) is 11.7. The molecule has 0 aliphatic rings. The number of anilines is 1. The largest absolute Gasteiger partial charge is 0.504 e. The smallest absolute Gasteiger partial charge is 0.265 e. The summed E-state index contributed by atoms with van der Waals surface area (Å²) in [5.41, 5.74) is 0.427. The van der Waals surface area contributed by atoms with E-state index in [1.54, 1.807) is 16.7 Å². The zero-order chi connectivity index (χ0) is 20.4. The Morgan fingerprint density at radius 3 is 2.61 bits per heavy atom. The van der Waals surface area contributed by atoms with E-state index in [9.17, 15) is 14.7 Å². The van der Waals surface area contributed by atoms with Crippen LogP contribution in [0.25, 0.3) is 10.9 Å². The number of hydrogen-bond acceptors (Lipinski definition) is 4. The highest BCUT2D eigenvalue weighted by atomic mass is 35.5. The molecule has 3 rings (SSSR count). The lowest BCUT2D eigenvalue weighted by Gasteiger charge is -2.16. The first-order valence-electron chi connectivity index (χ1n) is 8.82. The average Bonchev–Trinajstić information content (AvgIpc) is 2.65. The van der Waals surface area contributed by atoms with Gasteiger partial charge in [-0.05, 0) is 24.1 Å². The number of pyridine rings is 1. The molecule has 0 unspecified atom stereocenters. The van der Waals surface area contributed by atoms with Gasteiger partial charge in [-0.3, -0.25) is 9.59 Å². The van der Waals surface area contributed by atoms with Crippen LogP contribution in [0, 0.1) is 5.92 Å². The van der Waals surface area contributed by atoms with E-state index in [0.717, 1.165) is 0 Å². The van der Waals surface area contributed by atoms with Gasteiger partial charge in [0.25, 0.3) is 11.5 Å². The highest BCUT2D eigenvalue weighted by molar-refractivity contribution is 6.38. The minimum absolute atomic E-state index is 0.107. The molecule has 1 heterocycles. The number of nitrogens with one attached hydrogen (secondary N) is 1. The summed E-state index contributed by atoms with van der Waals surface area (Å²) in [6.45, 7) is 4.45. The summed E-state index contributed by atoms with van der Waals surface area (Å²) in [5.74, 6) is -0.275. The first-order valence-corrected chi connectivity index (χ1v) is 9.20. The van der Waals surface area contributed by atoms with Crippen molar-refractivity contribution in [3.05, 3.63) is 63.4 Å². The number of fused-ring (bicyclic) bond motifs is 1. The normalized spacial score (nSPS) is 11.0. The van der Waals surface area contributed by atoms with Crippen LogP contribution in [-0.4, -0.2) is 22.7 Å². The summed E-state index contributed by atoms with van der Waals surface area (Å²) in [5, 5.41) is 13.3. The van der Waals surface area contributed by atoms with E-state index in [2.05, 4.69) is 5.32 Å². The van der Waals surface area contributed by atoms with Crippen LogP contribution in [0.3, 0.4) is 0 Å². The molecule has 7 heteroatoms. The number of benzene rings is 2. The third-order valence-corrected chi connectivity index (χ3v) is 4.71. The Labute approximate surface area is 167 Å². The van der Waals surface area contributed by atoms with E-state index >= 15 is 0 Å². The van der Waals surface area contributed by atoms with Gasteiger partial charge in [0.15, 0.2) is 11.5 Å². The van der Waals surface area contributed by atoms with Crippen molar-refractivity contribution < 1.29 is 14.6 Å². The van der Waals surface area contributed by atoms with Gasteiger partial charge in [0.05, 0.1) is 17.6 Å². The first kappa shape index (κ1) is 19.8. The van der Waals surface area contributed by atoms with Crippen LogP contribution in [0.15, 0.2) is 47.3 Å². The van der Waals surface area contributed by atoms with Gasteiger partial charge >= 0.3 is 0 Å². The SMILES string of the molecule is COc1ccc(NC(=O)c2c(Cl)c3ccccc3n(CC(C)C)c2=O)cc1O. The number of carbonyl (C=O) groups excluding carboxylic acids is 1. The van der Waals surface area contributed by atoms with Crippen molar-refractivity contribution >= 4 is 34.1 Å². The molecule has 0 saturated heterocycles. The minimum Gasteiger partial charge on any atom is -0.504 e. The van der Waals surface area contributed by atoms with Crippen molar-refractivity contribution in [2.75, 3.05) is 12.4 Å². The molecule has 2 N–H and O–H groups in total. The number of hydrogen-bond donors (Lipinski definition) is 2. The molecular weight excluding hydrogens is 380 g/mol. The molecule has 0 aliphatic heterocycles. The van der Waals surface area contributed by atoms with E-state index in [-0.39, 0.29) is 28.0 Å². The first-order chi connectivity index (χ1) is 13.3. The summed E-state index contributed by atoms with van der Waals surface area (Å²) in [4.78, 5) is 26.0. The molecule has 2 aromatic carbocycles. The third kappa shape index (κ3) is 3.68.